The molecule has 0 spiro atoms. The summed E-state index contributed by atoms with van der Waals surface area (Å²) >= 11 is 5.50. The number of halogens is 1. The van der Waals surface area contributed by atoms with E-state index in [9.17, 15) is 0 Å². The van der Waals surface area contributed by atoms with Gasteiger partial charge in [0.2, 0.25) is 0 Å². The van der Waals surface area contributed by atoms with E-state index in [-0.39, 0.29) is 0 Å². The first-order valence-electron chi connectivity index (χ1n) is 7.88. The van der Waals surface area contributed by atoms with Gasteiger partial charge in [-0.2, -0.15) is 0 Å². The number of unbranched alkanes of at least 4 members (excludes halogenated alkanes) is 4. The van der Waals surface area contributed by atoms with Crippen LogP contribution in [0.25, 0.3) is 0 Å². The molecule has 0 amide bonds. The number of benzene rings is 1. The lowest BCUT2D eigenvalue weighted by atomic mass is 10.1. The second-order valence-corrected chi connectivity index (χ2v) is 7.23. The second-order valence-electron chi connectivity index (χ2n) is 5.23. The van der Waals surface area contributed by atoms with Gasteiger partial charge in [0.05, 0.1) is 0 Å². The van der Waals surface area contributed by atoms with Gasteiger partial charge < -0.3 is 5.32 Å². The molecule has 0 aliphatic carbocycles. The molecule has 0 saturated carbocycles. The van der Waals surface area contributed by atoms with Gasteiger partial charge in [-0.15, -0.1) is 11.8 Å². The Labute approximate surface area is 137 Å². The van der Waals surface area contributed by atoms with Crippen molar-refractivity contribution < 1.29 is 0 Å². The lowest BCUT2D eigenvalue weighted by Gasteiger charge is -2.17. The predicted octanol–water partition coefficient (Wildman–Crippen LogP) is 5.88. The third-order valence-electron chi connectivity index (χ3n) is 3.40. The number of hydrogen-bond donors (Lipinski definition) is 1. The van der Waals surface area contributed by atoms with Crippen LogP contribution >= 0.6 is 27.7 Å². The van der Waals surface area contributed by atoms with Crippen LogP contribution in [0, 0.1) is 0 Å². The first-order chi connectivity index (χ1) is 9.76. The minimum atomic E-state index is 0.644. The van der Waals surface area contributed by atoms with Crippen LogP contribution in [-0.2, 0) is 0 Å². The Kier molecular flexibility index (Phi) is 10.5. The van der Waals surface area contributed by atoms with Crippen molar-refractivity contribution in [1.29, 1.82) is 0 Å². The highest BCUT2D eigenvalue weighted by atomic mass is 79.9. The maximum atomic E-state index is 3.63. The molecule has 0 radical (unpaired) electrons. The summed E-state index contributed by atoms with van der Waals surface area (Å²) in [4.78, 5) is 1.35. The SMILES string of the molecule is CCCCCCCC(CSc1cccc(Br)c1)NCC. The van der Waals surface area contributed by atoms with Crippen LogP contribution in [-0.4, -0.2) is 18.3 Å². The maximum Gasteiger partial charge on any atom is 0.0186 e. The zero-order valence-electron chi connectivity index (χ0n) is 12.8. The Morgan fingerprint density at radius 1 is 1.15 bits per heavy atom. The Bertz CT molecular complexity index is 357. The van der Waals surface area contributed by atoms with E-state index < -0.39 is 0 Å². The van der Waals surface area contributed by atoms with E-state index in [1.165, 1.54) is 47.9 Å². The zero-order valence-corrected chi connectivity index (χ0v) is 15.2. The molecule has 1 aromatic rings. The first kappa shape index (κ1) is 18.1. The van der Waals surface area contributed by atoms with E-state index in [2.05, 4.69) is 59.4 Å². The van der Waals surface area contributed by atoms with Crippen molar-refractivity contribution in [3.8, 4) is 0 Å². The van der Waals surface area contributed by atoms with Gasteiger partial charge in [-0.25, -0.2) is 0 Å². The molecule has 1 unspecified atom stereocenters. The van der Waals surface area contributed by atoms with Gasteiger partial charge in [-0.3, -0.25) is 0 Å². The van der Waals surface area contributed by atoms with Crippen LogP contribution in [0.2, 0.25) is 0 Å². The average molecular weight is 358 g/mol. The number of nitrogens with one attached hydrogen (secondary N) is 1. The molecule has 0 saturated heterocycles. The molecule has 1 aromatic carbocycles. The number of thioether (sulfide) groups is 1. The topological polar surface area (TPSA) is 12.0 Å². The fraction of sp³-hybridized carbons (Fsp3) is 0.647. The van der Waals surface area contributed by atoms with Gasteiger partial charge in [0.25, 0.3) is 0 Å². The molecule has 0 bridgehead atoms. The Morgan fingerprint density at radius 3 is 2.65 bits per heavy atom. The molecular formula is C17H28BrNS. The van der Waals surface area contributed by atoms with E-state index in [1.54, 1.807) is 0 Å². The summed E-state index contributed by atoms with van der Waals surface area (Å²) in [7, 11) is 0. The fourth-order valence-electron chi connectivity index (χ4n) is 2.28. The van der Waals surface area contributed by atoms with Gasteiger partial charge in [-0.1, -0.05) is 67.9 Å². The van der Waals surface area contributed by atoms with Gasteiger partial charge in [0.1, 0.15) is 0 Å². The molecule has 20 heavy (non-hydrogen) atoms. The third-order valence-corrected chi connectivity index (χ3v) is 5.05. The molecule has 0 aliphatic rings. The summed E-state index contributed by atoms with van der Waals surface area (Å²) in [5, 5.41) is 3.63. The molecule has 1 atom stereocenters. The molecule has 1 rings (SSSR count). The van der Waals surface area contributed by atoms with E-state index >= 15 is 0 Å². The molecule has 0 aromatic heterocycles. The Morgan fingerprint density at radius 2 is 1.95 bits per heavy atom. The van der Waals surface area contributed by atoms with Crippen LogP contribution in [0.4, 0.5) is 0 Å². The minimum Gasteiger partial charge on any atom is -0.313 e. The molecule has 3 heteroatoms. The standard InChI is InChI=1S/C17H28BrNS/c1-3-5-6-7-8-11-16(19-4-2)14-20-17-12-9-10-15(18)13-17/h9-10,12-13,16,19H,3-8,11,14H2,1-2H3. The highest BCUT2D eigenvalue weighted by molar-refractivity contribution is 9.10. The fourth-order valence-corrected chi connectivity index (χ4v) is 3.89. The normalized spacial score (nSPS) is 12.6. The molecule has 0 fully saturated rings. The average Bonchev–Trinajstić information content (AvgIpc) is 2.44. The van der Waals surface area contributed by atoms with Crippen LogP contribution in [0.1, 0.15) is 52.4 Å². The molecule has 1 N–H and O–H groups in total. The lowest BCUT2D eigenvalue weighted by molar-refractivity contribution is 0.496. The van der Waals surface area contributed by atoms with E-state index in [4.69, 9.17) is 0 Å². The maximum absolute atomic E-state index is 3.63. The van der Waals surface area contributed by atoms with Crippen molar-refractivity contribution >= 4 is 27.7 Å². The molecule has 0 aliphatic heterocycles. The van der Waals surface area contributed by atoms with Crippen molar-refractivity contribution in [2.24, 2.45) is 0 Å². The first-order valence-corrected chi connectivity index (χ1v) is 9.65. The van der Waals surface area contributed by atoms with Gasteiger partial charge >= 0.3 is 0 Å². The van der Waals surface area contributed by atoms with Gasteiger partial charge in [-0.05, 0) is 31.2 Å². The van der Waals surface area contributed by atoms with Crippen molar-refractivity contribution in [2.45, 2.75) is 63.3 Å². The molecule has 114 valence electrons. The predicted molar refractivity (Wildman–Crippen MR) is 95.7 cm³/mol. The number of hydrogen-bond acceptors (Lipinski definition) is 2. The summed E-state index contributed by atoms with van der Waals surface area (Å²) in [5.41, 5.74) is 0. The lowest BCUT2D eigenvalue weighted by Crippen LogP contribution is -2.31. The van der Waals surface area contributed by atoms with Gasteiger partial charge in [0, 0.05) is 21.2 Å². The Hall–Kier alpha value is 0.01000. The van der Waals surface area contributed by atoms with Crippen LogP contribution < -0.4 is 5.32 Å². The molecule has 0 heterocycles. The summed E-state index contributed by atoms with van der Waals surface area (Å²) < 4.78 is 1.17. The smallest absolute Gasteiger partial charge is 0.0186 e. The quantitative estimate of drug-likeness (QED) is 0.392. The largest absolute Gasteiger partial charge is 0.313 e. The van der Waals surface area contributed by atoms with Crippen LogP contribution in [0.3, 0.4) is 0 Å². The van der Waals surface area contributed by atoms with E-state index in [1.807, 2.05) is 11.8 Å². The third kappa shape index (κ3) is 8.33. The summed E-state index contributed by atoms with van der Waals surface area (Å²) in [5.74, 6) is 1.16. The second kappa shape index (κ2) is 11.6. The van der Waals surface area contributed by atoms with Crippen molar-refractivity contribution in [3.05, 3.63) is 28.7 Å². The van der Waals surface area contributed by atoms with E-state index in [0.717, 1.165) is 12.3 Å². The highest BCUT2D eigenvalue weighted by Gasteiger charge is 2.08. The molecule has 1 nitrogen and oxygen atoms in total. The minimum absolute atomic E-state index is 0.644. The Balaban J connectivity index is 2.27. The van der Waals surface area contributed by atoms with E-state index in [0.29, 0.717) is 6.04 Å². The monoisotopic (exact) mass is 357 g/mol. The van der Waals surface area contributed by atoms with Crippen LogP contribution in [0.5, 0.6) is 0 Å². The van der Waals surface area contributed by atoms with Crippen molar-refractivity contribution in [1.82, 2.24) is 5.32 Å². The highest BCUT2D eigenvalue weighted by Crippen LogP contribution is 2.23. The summed E-state index contributed by atoms with van der Waals surface area (Å²) in [6.07, 6.45) is 8.16. The number of rotatable bonds is 11. The summed E-state index contributed by atoms with van der Waals surface area (Å²) in [6, 6.07) is 9.23. The van der Waals surface area contributed by atoms with Crippen LogP contribution in [0.15, 0.2) is 33.6 Å². The van der Waals surface area contributed by atoms with Crippen molar-refractivity contribution in [2.75, 3.05) is 12.3 Å². The summed E-state index contributed by atoms with van der Waals surface area (Å²) in [6.45, 7) is 5.54. The van der Waals surface area contributed by atoms with Crippen molar-refractivity contribution in [3.63, 3.8) is 0 Å². The van der Waals surface area contributed by atoms with Gasteiger partial charge in [0.15, 0.2) is 0 Å². The zero-order chi connectivity index (χ0) is 14.6. The molecular weight excluding hydrogens is 330 g/mol.